The van der Waals surface area contributed by atoms with Crippen molar-refractivity contribution >= 4 is 17.5 Å². The molecule has 4 rings (SSSR count). The summed E-state index contributed by atoms with van der Waals surface area (Å²) in [6.07, 6.45) is 5.24. The van der Waals surface area contributed by atoms with Gasteiger partial charge >= 0.3 is 0 Å². The summed E-state index contributed by atoms with van der Waals surface area (Å²) >= 11 is 0. The molecule has 2 aromatic carbocycles. The van der Waals surface area contributed by atoms with Crippen LogP contribution in [-0.4, -0.2) is 18.6 Å². The predicted octanol–water partition coefficient (Wildman–Crippen LogP) is 4.81. The standard InChI is InChI=1S/C22H23NO2/c1-5-21(3)18-8-6-7-9-19(18)23(4)22(21)13-12-16-10-11-17(15(2)24)14-20(16)25-22/h6-14H,5H2,1-4H3. The van der Waals surface area contributed by atoms with E-state index in [0.29, 0.717) is 5.56 Å². The van der Waals surface area contributed by atoms with E-state index >= 15 is 0 Å². The zero-order valence-corrected chi connectivity index (χ0v) is 15.2. The average Bonchev–Trinajstić information content (AvgIpc) is 2.81. The summed E-state index contributed by atoms with van der Waals surface area (Å²) in [5.41, 5.74) is 3.42. The molecule has 2 aliphatic rings. The average molecular weight is 333 g/mol. The fraction of sp³-hybridized carbons (Fsp3) is 0.318. The van der Waals surface area contributed by atoms with Crippen LogP contribution in [0, 0.1) is 0 Å². The van der Waals surface area contributed by atoms with Gasteiger partial charge in [0.2, 0.25) is 5.72 Å². The van der Waals surface area contributed by atoms with Crippen molar-refractivity contribution < 1.29 is 9.53 Å². The van der Waals surface area contributed by atoms with E-state index in [1.165, 1.54) is 11.3 Å². The number of carbonyl (C=O) groups is 1. The number of hydrogen-bond donors (Lipinski definition) is 0. The largest absolute Gasteiger partial charge is 0.463 e. The zero-order valence-electron chi connectivity index (χ0n) is 15.2. The van der Waals surface area contributed by atoms with Crippen LogP contribution in [0.5, 0.6) is 5.75 Å². The van der Waals surface area contributed by atoms with Crippen molar-refractivity contribution in [2.45, 2.75) is 38.3 Å². The molecule has 2 atom stereocenters. The van der Waals surface area contributed by atoms with Crippen LogP contribution in [0.4, 0.5) is 5.69 Å². The quantitative estimate of drug-likeness (QED) is 0.739. The molecule has 0 amide bonds. The van der Waals surface area contributed by atoms with Gasteiger partial charge in [-0.2, -0.15) is 0 Å². The maximum atomic E-state index is 11.8. The number of anilines is 1. The first kappa shape index (κ1) is 15.9. The summed E-state index contributed by atoms with van der Waals surface area (Å²) in [4.78, 5) is 14.0. The molecule has 0 N–H and O–H groups in total. The highest BCUT2D eigenvalue weighted by atomic mass is 16.5. The van der Waals surface area contributed by atoms with Crippen LogP contribution < -0.4 is 9.64 Å². The summed E-state index contributed by atoms with van der Waals surface area (Å²) in [7, 11) is 2.09. The molecule has 0 aromatic heterocycles. The Kier molecular flexibility index (Phi) is 3.33. The molecule has 0 fully saturated rings. The molecule has 0 radical (unpaired) electrons. The Balaban J connectivity index is 1.89. The van der Waals surface area contributed by atoms with Gasteiger partial charge < -0.3 is 9.64 Å². The van der Waals surface area contributed by atoms with Gasteiger partial charge in [0, 0.05) is 23.9 Å². The second-order valence-corrected chi connectivity index (χ2v) is 7.20. The summed E-state index contributed by atoms with van der Waals surface area (Å²) in [5.74, 6) is 0.825. The molecule has 2 unspecified atom stereocenters. The molecular formula is C22H23NO2. The molecule has 0 saturated heterocycles. The van der Waals surface area contributed by atoms with Gasteiger partial charge in [-0.15, -0.1) is 0 Å². The second-order valence-electron chi connectivity index (χ2n) is 7.20. The number of carbonyl (C=O) groups excluding carboxylic acids is 1. The Bertz CT molecular complexity index is 901. The van der Waals surface area contributed by atoms with E-state index in [0.717, 1.165) is 17.7 Å². The van der Waals surface area contributed by atoms with Crippen LogP contribution in [0.15, 0.2) is 48.5 Å². The van der Waals surface area contributed by atoms with Gasteiger partial charge in [0.15, 0.2) is 5.78 Å². The molecular weight excluding hydrogens is 310 g/mol. The van der Waals surface area contributed by atoms with Gasteiger partial charge in [0.1, 0.15) is 5.75 Å². The zero-order chi connectivity index (χ0) is 17.8. The number of rotatable bonds is 2. The van der Waals surface area contributed by atoms with Crippen molar-refractivity contribution in [1.29, 1.82) is 0 Å². The third kappa shape index (κ3) is 1.95. The highest BCUT2D eigenvalue weighted by Gasteiger charge is 2.59. The maximum Gasteiger partial charge on any atom is 0.212 e. The second kappa shape index (κ2) is 5.22. The minimum absolute atomic E-state index is 0.0521. The maximum absolute atomic E-state index is 11.8. The van der Waals surface area contributed by atoms with Crippen molar-refractivity contribution in [3.63, 3.8) is 0 Å². The molecule has 2 heterocycles. The van der Waals surface area contributed by atoms with Crippen LogP contribution in [0.2, 0.25) is 0 Å². The Hall–Kier alpha value is -2.55. The molecule has 0 bridgehead atoms. The van der Waals surface area contributed by atoms with Crippen molar-refractivity contribution in [2.75, 3.05) is 11.9 Å². The highest BCUT2D eigenvalue weighted by Crippen LogP contribution is 2.55. The number of para-hydroxylation sites is 1. The predicted molar refractivity (Wildman–Crippen MR) is 101 cm³/mol. The Morgan fingerprint density at radius 1 is 1.20 bits per heavy atom. The highest BCUT2D eigenvalue weighted by molar-refractivity contribution is 5.95. The number of hydrogen-bond acceptors (Lipinski definition) is 3. The van der Waals surface area contributed by atoms with Gasteiger partial charge in [-0.05, 0) is 50.1 Å². The summed E-state index contributed by atoms with van der Waals surface area (Å²) in [5, 5.41) is 0. The first-order chi connectivity index (χ1) is 11.9. The lowest BCUT2D eigenvalue weighted by molar-refractivity contribution is 0.0467. The smallest absolute Gasteiger partial charge is 0.212 e. The number of fused-ring (bicyclic) bond motifs is 2. The molecule has 0 aliphatic carbocycles. The fourth-order valence-electron chi connectivity index (χ4n) is 4.28. The third-order valence-electron chi connectivity index (χ3n) is 6.03. The van der Waals surface area contributed by atoms with E-state index in [1.54, 1.807) is 6.92 Å². The van der Waals surface area contributed by atoms with Gasteiger partial charge in [0.25, 0.3) is 0 Å². The van der Waals surface area contributed by atoms with Crippen molar-refractivity contribution in [1.82, 2.24) is 0 Å². The molecule has 128 valence electrons. The van der Waals surface area contributed by atoms with Gasteiger partial charge in [-0.1, -0.05) is 37.3 Å². The van der Waals surface area contributed by atoms with E-state index in [2.05, 4.69) is 62.2 Å². The number of nitrogens with zero attached hydrogens (tertiary/aromatic N) is 1. The number of Topliss-reactive ketones (excluding diaryl/α,β-unsaturated/α-hetero) is 1. The molecule has 2 aliphatic heterocycles. The SMILES string of the molecule is CCC1(C)c2ccccc2N(C)C12C=Cc1ccc(C(C)=O)cc1O2. The summed E-state index contributed by atoms with van der Waals surface area (Å²) < 4.78 is 6.66. The van der Waals surface area contributed by atoms with E-state index in [9.17, 15) is 4.79 Å². The Morgan fingerprint density at radius 2 is 1.96 bits per heavy atom. The third-order valence-corrected chi connectivity index (χ3v) is 6.03. The van der Waals surface area contributed by atoms with Crippen LogP contribution in [0.3, 0.4) is 0 Å². The minimum Gasteiger partial charge on any atom is -0.463 e. The van der Waals surface area contributed by atoms with Gasteiger partial charge in [-0.3, -0.25) is 4.79 Å². The molecule has 2 aromatic rings. The van der Waals surface area contributed by atoms with Crippen molar-refractivity contribution in [2.24, 2.45) is 0 Å². The molecule has 25 heavy (non-hydrogen) atoms. The Labute approximate surface area is 148 Å². The lowest BCUT2D eigenvalue weighted by atomic mass is 9.72. The van der Waals surface area contributed by atoms with Crippen LogP contribution in [0.1, 0.15) is 48.7 Å². The van der Waals surface area contributed by atoms with Crippen LogP contribution in [0.25, 0.3) is 6.08 Å². The van der Waals surface area contributed by atoms with E-state index in [4.69, 9.17) is 4.74 Å². The summed E-state index contributed by atoms with van der Waals surface area (Å²) in [6, 6.07) is 14.2. The van der Waals surface area contributed by atoms with Gasteiger partial charge in [-0.25, -0.2) is 0 Å². The van der Waals surface area contributed by atoms with E-state index < -0.39 is 5.72 Å². The van der Waals surface area contributed by atoms with Gasteiger partial charge in [0.05, 0.1) is 5.41 Å². The molecule has 3 nitrogen and oxygen atoms in total. The van der Waals surface area contributed by atoms with Crippen LogP contribution >= 0.6 is 0 Å². The van der Waals surface area contributed by atoms with Crippen molar-refractivity contribution in [3.05, 3.63) is 65.2 Å². The van der Waals surface area contributed by atoms with E-state index in [1.807, 2.05) is 18.2 Å². The topological polar surface area (TPSA) is 29.5 Å². The molecule has 0 saturated carbocycles. The number of likely N-dealkylation sites (N-methyl/N-ethyl adjacent to an activating group) is 1. The molecule has 3 heteroatoms. The molecule has 1 spiro atoms. The lowest BCUT2D eigenvalue weighted by Crippen LogP contribution is -2.59. The minimum atomic E-state index is -0.589. The Morgan fingerprint density at radius 3 is 2.68 bits per heavy atom. The van der Waals surface area contributed by atoms with E-state index in [-0.39, 0.29) is 11.2 Å². The van der Waals surface area contributed by atoms with Crippen molar-refractivity contribution in [3.8, 4) is 5.75 Å². The summed E-state index contributed by atoms with van der Waals surface area (Å²) in [6.45, 7) is 6.06. The normalized spacial score (nSPS) is 26.3. The number of ether oxygens (including phenoxy) is 1. The number of benzene rings is 2. The first-order valence-electron chi connectivity index (χ1n) is 8.79. The number of ketones is 1. The monoisotopic (exact) mass is 333 g/mol. The fourth-order valence-corrected chi connectivity index (χ4v) is 4.28. The lowest BCUT2D eigenvalue weighted by Gasteiger charge is -2.47. The van der Waals surface area contributed by atoms with Crippen LogP contribution in [-0.2, 0) is 5.41 Å². The first-order valence-corrected chi connectivity index (χ1v) is 8.79.